The molecule has 1 rings (SSSR count). The lowest BCUT2D eigenvalue weighted by Gasteiger charge is -2.24. The van der Waals surface area contributed by atoms with Gasteiger partial charge in [0, 0.05) is 18.3 Å². The summed E-state index contributed by atoms with van der Waals surface area (Å²) in [4.78, 5) is 23.1. The number of nitrogens with one attached hydrogen (secondary N) is 1. The van der Waals surface area contributed by atoms with Gasteiger partial charge in [-0.25, -0.2) is 4.79 Å². The highest BCUT2D eigenvalue weighted by Crippen LogP contribution is 2.14. The Balaban J connectivity index is 2.84. The third-order valence-corrected chi connectivity index (χ3v) is 3.59. The number of carbonyl (C=O) groups excluding carboxylic acids is 1. The maximum absolute atomic E-state index is 12.0. The molecule has 0 spiro atoms. The van der Waals surface area contributed by atoms with Crippen molar-refractivity contribution in [1.29, 1.82) is 0 Å². The second kappa shape index (κ2) is 5.42. The summed E-state index contributed by atoms with van der Waals surface area (Å²) in [5.74, 6) is -1.33. The number of carboxylic acid groups (broad SMARTS) is 1. The zero-order chi connectivity index (χ0) is 14.8. The van der Waals surface area contributed by atoms with Crippen molar-refractivity contribution in [2.45, 2.75) is 46.1 Å². The number of hydrogen-bond donors (Lipinski definition) is 2. The van der Waals surface area contributed by atoms with Crippen LogP contribution < -0.4 is 5.32 Å². The molecular weight excluding hydrogens is 246 g/mol. The van der Waals surface area contributed by atoms with Crippen LogP contribution in [0.4, 0.5) is 0 Å². The molecule has 1 aromatic rings. The topological polar surface area (TPSA) is 84.2 Å². The molecule has 0 fully saturated rings. The van der Waals surface area contributed by atoms with Gasteiger partial charge in [0.05, 0.1) is 12.1 Å². The third-order valence-electron chi connectivity index (χ3n) is 3.59. The molecule has 2 N–H and O–H groups in total. The molecule has 0 aliphatic carbocycles. The summed E-state index contributed by atoms with van der Waals surface area (Å²) in [5, 5.41) is 15.9. The van der Waals surface area contributed by atoms with Crippen molar-refractivity contribution >= 4 is 11.9 Å². The van der Waals surface area contributed by atoms with Crippen molar-refractivity contribution < 1.29 is 14.7 Å². The number of carboxylic acids is 1. The van der Waals surface area contributed by atoms with Gasteiger partial charge in [-0.15, -0.1) is 0 Å². The van der Waals surface area contributed by atoms with Crippen LogP contribution in [-0.2, 0) is 23.1 Å². The number of nitrogens with zero attached hydrogens (tertiary/aromatic N) is 2. The van der Waals surface area contributed by atoms with Crippen molar-refractivity contribution in [3.8, 4) is 0 Å². The van der Waals surface area contributed by atoms with Crippen LogP contribution in [0.5, 0.6) is 0 Å². The average Bonchev–Trinajstić information content (AvgIpc) is 2.55. The number of aryl methyl sites for hydroxylation is 2. The van der Waals surface area contributed by atoms with Crippen LogP contribution in [0.25, 0.3) is 0 Å². The van der Waals surface area contributed by atoms with Gasteiger partial charge >= 0.3 is 5.97 Å². The molecule has 6 nitrogen and oxygen atoms in total. The molecule has 1 unspecified atom stereocenters. The maximum atomic E-state index is 12.0. The Morgan fingerprint density at radius 3 is 2.37 bits per heavy atom. The minimum Gasteiger partial charge on any atom is -0.480 e. The van der Waals surface area contributed by atoms with E-state index in [9.17, 15) is 9.59 Å². The molecule has 1 atom stereocenters. The van der Waals surface area contributed by atoms with Crippen LogP contribution in [0.2, 0.25) is 0 Å². The van der Waals surface area contributed by atoms with E-state index in [2.05, 4.69) is 10.4 Å². The Kier molecular flexibility index (Phi) is 4.34. The van der Waals surface area contributed by atoms with Gasteiger partial charge in [0.15, 0.2) is 0 Å². The van der Waals surface area contributed by atoms with Crippen molar-refractivity contribution in [2.75, 3.05) is 0 Å². The first-order chi connectivity index (χ1) is 8.71. The molecule has 0 aliphatic heterocycles. The number of rotatable bonds is 5. The lowest BCUT2D eigenvalue weighted by atomic mass is 9.98. The van der Waals surface area contributed by atoms with Crippen LogP contribution in [0, 0.1) is 13.8 Å². The van der Waals surface area contributed by atoms with Gasteiger partial charge in [0.1, 0.15) is 5.54 Å². The Hall–Kier alpha value is -1.85. The first-order valence-electron chi connectivity index (χ1n) is 6.24. The molecule has 1 aromatic heterocycles. The summed E-state index contributed by atoms with van der Waals surface area (Å²) in [6.45, 7) is 6.97. The van der Waals surface area contributed by atoms with E-state index in [0.29, 0.717) is 6.42 Å². The van der Waals surface area contributed by atoms with Crippen molar-refractivity contribution in [3.63, 3.8) is 0 Å². The fourth-order valence-corrected chi connectivity index (χ4v) is 1.88. The number of aliphatic carboxylic acids is 1. The zero-order valence-electron chi connectivity index (χ0n) is 12.1. The summed E-state index contributed by atoms with van der Waals surface area (Å²) in [5.41, 5.74) is 1.34. The summed E-state index contributed by atoms with van der Waals surface area (Å²) in [6.07, 6.45) is 0.480. The Morgan fingerprint density at radius 2 is 2.00 bits per heavy atom. The predicted octanol–water partition coefficient (Wildman–Crippen LogP) is 0.949. The molecule has 106 valence electrons. The molecule has 19 heavy (non-hydrogen) atoms. The molecule has 0 radical (unpaired) electrons. The average molecular weight is 267 g/mol. The van der Waals surface area contributed by atoms with E-state index >= 15 is 0 Å². The molecule has 0 saturated carbocycles. The van der Waals surface area contributed by atoms with Crippen LogP contribution >= 0.6 is 0 Å². The maximum Gasteiger partial charge on any atom is 0.329 e. The monoisotopic (exact) mass is 267 g/mol. The van der Waals surface area contributed by atoms with Gasteiger partial charge < -0.3 is 10.4 Å². The highest BCUT2D eigenvalue weighted by molar-refractivity contribution is 5.87. The smallest absolute Gasteiger partial charge is 0.329 e. The summed E-state index contributed by atoms with van der Waals surface area (Å²) in [6, 6.07) is 0. The van der Waals surface area contributed by atoms with Gasteiger partial charge in [-0.1, -0.05) is 6.92 Å². The number of aromatic nitrogens is 2. The highest BCUT2D eigenvalue weighted by atomic mass is 16.4. The van der Waals surface area contributed by atoms with Gasteiger partial charge in [-0.3, -0.25) is 9.48 Å². The largest absolute Gasteiger partial charge is 0.480 e. The second-order valence-corrected chi connectivity index (χ2v) is 4.99. The van der Waals surface area contributed by atoms with Gasteiger partial charge in [0.25, 0.3) is 0 Å². The molecule has 0 bridgehead atoms. The molecule has 0 aromatic carbocycles. The van der Waals surface area contributed by atoms with Crippen LogP contribution in [0.15, 0.2) is 0 Å². The lowest BCUT2D eigenvalue weighted by Crippen LogP contribution is -2.52. The number of carbonyl (C=O) groups is 2. The van der Waals surface area contributed by atoms with Crippen molar-refractivity contribution in [1.82, 2.24) is 15.1 Å². The van der Waals surface area contributed by atoms with E-state index in [1.165, 1.54) is 6.92 Å². The summed E-state index contributed by atoms with van der Waals surface area (Å²) >= 11 is 0. The van der Waals surface area contributed by atoms with Gasteiger partial charge in [0.2, 0.25) is 5.91 Å². The standard InChI is InChI=1S/C13H21N3O3/c1-6-13(4,12(18)19)14-11(17)7-10-8(2)15-16(5)9(10)3/h6-7H2,1-5H3,(H,14,17)(H,18,19). The molecule has 0 saturated heterocycles. The Labute approximate surface area is 112 Å². The van der Waals surface area contributed by atoms with Gasteiger partial charge in [-0.05, 0) is 27.2 Å². The quantitative estimate of drug-likeness (QED) is 0.832. The third kappa shape index (κ3) is 3.13. The SMILES string of the molecule is CCC(C)(NC(=O)Cc1c(C)nn(C)c1C)C(=O)O. The first-order valence-corrected chi connectivity index (χ1v) is 6.24. The van der Waals surface area contributed by atoms with E-state index in [0.717, 1.165) is 17.0 Å². The fraction of sp³-hybridized carbons (Fsp3) is 0.615. The highest BCUT2D eigenvalue weighted by Gasteiger charge is 2.32. The van der Waals surface area contributed by atoms with E-state index in [4.69, 9.17) is 5.11 Å². The second-order valence-electron chi connectivity index (χ2n) is 4.99. The normalized spacial score (nSPS) is 13.9. The van der Waals surface area contributed by atoms with Crippen molar-refractivity contribution in [3.05, 3.63) is 17.0 Å². The zero-order valence-corrected chi connectivity index (χ0v) is 12.1. The van der Waals surface area contributed by atoms with E-state index in [1.807, 2.05) is 20.9 Å². The van der Waals surface area contributed by atoms with Crippen molar-refractivity contribution in [2.24, 2.45) is 7.05 Å². The Bertz CT molecular complexity index is 507. The number of amides is 1. The van der Waals surface area contributed by atoms with Crippen LogP contribution in [0.1, 0.15) is 37.2 Å². The molecular formula is C13H21N3O3. The lowest BCUT2D eigenvalue weighted by molar-refractivity contribution is -0.146. The van der Waals surface area contributed by atoms with E-state index in [-0.39, 0.29) is 12.3 Å². The van der Waals surface area contributed by atoms with Gasteiger partial charge in [-0.2, -0.15) is 5.10 Å². The Morgan fingerprint density at radius 1 is 1.42 bits per heavy atom. The van der Waals surface area contributed by atoms with Crippen LogP contribution in [0.3, 0.4) is 0 Å². The van der Waals surface area contributed by atoms with Crippen LogP contribution in [-0.4, -0.2) is 32.3 Å². The number of hydrogen-bond acceptors (Lipinski definition) is 3. The minimum atomic E-state index is -1.22. The summed E-state index contributed by atoms with van der Waals surface area (Å²) < 4.78 is 1.72. The molecule has 1 heterocycles. The van der Waals surface area contributed by atoms with E-state index < -0.39 is 11.5 Å². The minimum absolute atomic E-state index is 0.147. The molecule has 1 amide bonds. The first kappa shape index (κ1) is 15.2. The molecule has 0 aliphatic rings. The van der Waals surface area contributed by atoms with E-state index in [1.54, 1.807) is 11.6 Å². The summed E-state index contributed by atoms with van der Waals surface area (Å²) in [7, 11) is 1.82. The fourth-order valence-electron chi connectivity index (χ4n) is 1.88. The molecule has 6 heteroatoms. The predicted molar refractivity (Wildman–Crippen MR) is 70.9 cm³/mol.